The van der Waals surface area contributed by atoms with Crippen LogP contribution in [0.1, 0.15) is 36.0 Å². The van der Waals surface area contributed by atoms with Crippen LogP contribution in [0, 0.1) is 5.92 Å². The highest BCUT2D eigenvalue weighted by Gasteiger charge is 2.30. The Morgan fingerprint density at radius 1 is 1.33 bits per heavy atom. The fourth-order valence-electron chi connectivity index (χ4n) is 3.06. The molecule has 1 saturated carbocycles. The van der Waals surface area contributed by atoms with Gasteiger partial charge in [-0.2, -0.15) is 0 Å². The van der Waals surface area contributed by atoms with Crippen LogP contribution in [0.4, 0.5) is 0 Å². The summed E-state index contributed by atoms with van der Waals surface area (Å²) < 4.78 is 0. The largest absolute Gasteiger partial charge is 0.334 e. The van der Waals surface area contributed by atoms with Gasteiger partial charge in [-0.15, -0.1) is 11.8 Å². The highest BCUT2D eigenvalue weighted by Crippen LogP contribution is 2.33. The number of nitrogens with zero attached hydrogens (tertiary/aromatic N) is 1. The summed E-state index contributed by atoms with van der Waals surface area (Å²) in [5, 5.41) is 3.39. The first-order chi connectivity index (χ1) is 10.3. The normalized spacial score (nSPS) is 21.5. The second-order valence-electron chi connectivity index (χ2n) is 6.08. The molecule has 2 aliphatic rings. The molecular formula is C17H24N2OS. The SMILES string of the molecule is CSc1ccccc1C(=O)N(CCC1CC1)C1CCNC1. The minimum Gasteiger partial charge on any atom is -0.334 e. The maximum absolute atomic E-state index is 13.0. The average Bonchev–Trinajstić information content (AvgIpc) is 3.19. The molecule has 1 aromatic rings. The van der Waals surface area contributed by atoms with Crippen LogP contribution in [0.15, 0.2) is 29.2 Å². The number of carbonyl (C=O) groups excluding carboxylic acids is 1. The number of carbonyl (C=O) groups is 1. The van der Waals surface area contributed by atoms with Gasteiger partial charge >= 0.3 is 0 Å². The first-order valence-corrected chi connectivity index (χ1v) is 9.16. The van der Waals surface area contributed by atoms with Crippen LogP contribution in [-0.4, -0.2) is 42.7 Å². The molecule has 1 atom stereocenters. The van der Waals surface area contributed by atoms with Crippen molar-refractivity contribution < 1.29 is 4.79 Å². The number of amides is 1. The number of thioether (sulfide) groups is 1. The van der Waals surface area contributed by atoms with Gasteiger partial charge in [-0.05, 0) is 43.7 Å². The first kappa shape index (κ1) is 14.9. The zero-order valence-corrected chi connectivity index (χ0v) is 13.5. The summed E-state index contributed by atoms with van der Waals surface area (Å²) in [5.74, 6) is 1.08. The summed E-state index contributed by atoms with van der Waals surface area (Å²) in [6.45, 7) is 2.89. The summed E-state index contributed by atoms with van der Waals surface area (Å²) >= 11 is 1.66. The van der Waals surface area contributed by atoms with E-state index in [1.807, 2.05) is 30.5 Å². The van der Waals surface area contributed by atoms with E-state index in [9.17, 15) is 4.79 Å². The van der Waals surface area contributed by atoms with E-state index in [1.165, 1.54) is 19.3 Å². The molecule has 21 heavy (non-hydrogen) atoms. The minimum atomic E-state index is 0.217. The third kappa shape index (κ3) is 3.61. The Kier molecular flexibility index (Phi) is 4.86. The Balaban J connectivity index is 1.77. The van der Waals surface area contributed by atoms with Gasteiger partial charge in [0.05, 0.1) is 5.56 Å². The van der Waals surface area contributed by atoms with E-state index < -0.39 is 0 Å². The van der Waals surface area contributed by atoms with Gasteiger partial charge < -0.3 is 10.2 Å². The third-order valence-electron chi connectivity index (χ3n) is 4.55. The van der Waals surface area contributed by atoms with Gasteiger partial charge in [0.1, 0.15) is 0 Å². The zero-order chi connectivity index (χ0) is 14.7. The molecule has 0 bridgehead atoms. The molecule has 1 aliphatic heterocycles. The van der Waals surface area contributed by atoms with E-state index >= 15 is 0 Å². The number of hydrogen-bond donors (Lipinski definition) is 1. The van der Waals surface area contributed by atoms with Gasteiger partial charge in [-0.25, -0.2) is 0 Å². The maximum atomic E-state index is 13.0. The van der Waals surface area contributed by atoms with Crippen molar-refractivity contribution in [1.82, 2.24) is 10.2 Å². The molecule has 1 N–H and O–H groups in total. The molecule has 1 aromatic carbocycles. The van der Waals surface area contributed by atoms with E-state index in [1.54, 1.807) is 11.8 Å². The molecule has 0 spiro atoms. The van der Waals surface area contributed by atoms with Crippen LogP contribution < -0.4 is 5.32 Å². The lowest BCUT2D eigenvalue weighted by molar-refractivity contribution is 0.0683. The lowest BCUT2D eigenvalue weighted by Gasteiger charge is -2.29. The van der Waals surface area contributed by atoms with Crippen LogP contribution in [0.25, 0.3) is 0 Å². The molecule has 114 valence electrons. The number of hydrogen-bond acceptors (Lipinski definition) is 3. The summed E-state index contributed by atoms with van der Waals surface area (Å²) in [6.07, 6.45) is 7.00. The second-order valence-corrected chi connectivity index (χ2v) is 6.93. The van der Waals surface area contributed by atoms with Crippen LogP contribution >= 0.6 is 11.8 Å². The molecule has 0 radical (unpaired) electrons. The molecule has 3 nitrogen and oxygen atoms in total. The molecule has 2 fully saturated rings. The van der Waals surface area contributed by atoms with Crippen molar-refractivity contribution in [2.75, 3.05) is 25.9 Å². The number of benzene rings is 1. The molecule has 3 rings (SSSR count). The second kappa shape index (κ2) is 6.84. The van der Waals surface area contributed by atoms with Crippen LogP contribution in [0.2, 0.25) is 0 Å². The predicted octanol–water partition coefficient (Wildman–Crippen LogP) is 3.01. The van der Waals surface area contributed by atoms with E-state index in [0.717, 1.165) is 42.4 Å². The van der Waals surface area contributed by atoms with Gasteiger partial charge in [0.25, 0.3) is 5.91 Å². The first-order valence-electron chi connectivity index (χ1n) is 7.94. The van der Waals surface area contributed by atoms with Crippen LogP contribution in [0.3, 0.4) is 0 Å². The van der Waals surface area contributed by atoms with E-state index in [0.29, 0.717) is 6.04 Å². The molecule has 4 heteroatoms. The highest BCUT2D eigenvalue weighted by atomic mass is 32.2. The Bertz CT molecular complexity index is 495. The van der Waals surface area contributed by atoms with Crippen molar-refractivity contribution in [1.29, 1.82) is 0 Å². The minimum absolute atomic E-state index is 0.217. The van der Waals surface area contributed by atoms with Gasteiger partial charge in [0.2, 0.25) is 0 Å². The number of nitrogens with one attached hydrogen (secondary N) is 1. The predicted molar refractivity (Wildman–Crippen MR) is 87.9 cm³/mol. The van der Waals surface area contributed by atoms with Crippen molar-refractivity contribution in [3.63, 3.8) is 0 Å². The number of rotatable bonds is 6. The van der Waals surface area contributed by atoms with Crippen molar-refractivity contribution in [2.45, 2.75) is 36.6 Å². The fourth-order valence-corrected chi connectivity index (χ4v) is 3.65. The van der Waals surface area contributed by atoms with E-state index in [-0.39, 0.29) is 5.91 Å². The van der Waals surface area contributed by atoms with E-state index in [2.05, 4.69) is 10.2 Å². The molecule has 1 heterocycles. The summed E-state index contributed by atoms with van der Waals surface area (Å²) in [4.78, 5) is 16.2. The van der Waals surface area contributed by atoms with Gasteiger partial charge in [0, 0.05) is 24.0 Å². The Hall–Kier alpha value is -1.00. The van der Waals surface area contributed by atoms with Gasteiger partial charge in [0.15, 0.2) is 0 Å². The topological polar surface area (TPSA) is 32.3 Å². The van der Waals surface area contributed by atoms with Crippen molar-refractivity contribution >= 4 is 17.7 Å². The molecular weight excluding hydrogens is 280 g/mol. The van der Waals surface area contributed by atoms with Gasteiger partial charge in [-0.1, -0.05) is 25.0 Å². The quantitative estimate of drug-likeness (QED) is 0.820. The summed E-state index contributed by atoms with van der Waals surface area (Å²) in [5.41, 5.74) is 0.868. The average molecular weight is 304 g/mol. The van der Waals surface area contributed by atoms with Crippen molar-refractivity contribution in [2.24, 2.45) is 5.92 Å². The Labute approximate surface area is 131 Å². The molecule has 1 unspecified atom stereocenters. The van der Waals surface area contributed by atoms with E-state index in [4.69, 9.17) is 0 Å². The Morgan fingerprint density at radius 3 is 2.81 bits per heavy atom. The molecule has 1 saturated heterocycles. The fraction of sp³-hybridized carbons (Fsp3) is 0.588. The standard InChI is InChI=1S/C17H24N2OS/c1-21-16-5-3-2-4-15(16)17(20)19(11-9-13-6-7-13)14-8-10-18-12-14/h2-5,13-14,18H,6-12H2,1H3. The lowest BCUT2D eigenvalue weighted by Crippen LogP contribution is -2.42. The Morgan fingerprint density at radius 2 is 2.14 bits per heavy atom. The highest BCUT2D eigenvalue weighted by molar-refractivity contribution is 7.98. The molecule has 1 aliphatic carbocycles. The lowest BCUT2D eigenvalue weighted by atomic mass is 10.1. The van der Waals surface area contributed by atoms with Crippen molar-refractivity contribution in [3.8, 4) is 0 Å². The smallest absolute Gasteiger partial charge is 0.255 e. The molecule has 0 aromatic heterocycles. The van der Waals surface area contributed by atoms with Crippen LogP contribution in [0.5, 0.6) is 0 Å². The third-order valence-corrected chi connectivity index (χ3v) is 5.34. The summed E-state index contributed by atoms with van der Waals surface area (Å²) in [6, 6.07) is 8.36. The zero-order valence-electron chi connectivity index (χ0n) is 12.7. The molecule has 1 amide bonds. The maximum Gasteiger partial charge on any atom is 0.255 e. The monoisotopic (exact) mass is 304 g/mol. The van der Waals surface area contributed by atoms with Crippen LogP contribution in [-0.2, 0) is 0 Å². The van der Waals surface area contributed by atoms with Gasteiger partial charge in [-0.3, -0.25) is 4.79 Å². The van der Waals surface area contributed by atoms with Crippen molar-refractivity contribution in [3.05, 3.63) is 29.8 Å². The summed E-state index contributed by atoms with van der Waals surface area (Å²) in [7, 11) is 0.